The van der Waals surface area contributed by atoms with Gasteiger partial charge in [0.25, 0.3) is 0 Å². The third-order valence-electron chi connectivity index (χ3n) is 5.01. The van der Waals surface area contributed by atoms with Crippen molar-refractivity contribution in [2.75, 3.05) is 13.1 Å². The largest absolute Gasteiger partial charge is 0.310 e. The Hall–Kier alpha value is -0.870. The second-order valence-corrected chi connectivity index (χ2v) is 6.68. The van der Waals surface area contributed by atoms with Gasteiger partial charge in [-0.05, 0) is 52.6 Å². The van der Waals surface area contributed by atoms with E-state index in [2.05, 4.69) is 55.6 Å². The van der Waals surface area contributed by atoms with E-state index in [0.29, 0.717) is 6.04 Å². The molecule has 2 atom stereocenters. The van der Waals surface area contributed by atoms with Gasteiger partial charge < -0.3 is 5.32 Å². The molecule has 1 aromatic heterocycles. The van der Waals surface area contributed by atoms with E-state index in [-0.39, 0.29) is 5.54 Å². The maximum absolute atomic E-state index is 4.69. The topological polar surface area (TPSA) is 33.1 Å². The quantitative estimate of drug-likeness (QED) is 0.906. The fraction of sp³-hybridized carbons (Fsp3) is 0.824. The first kappa shape index (κ1) is 16.5. The lowest BCUT2D eigenvalue weighted by molar-refractivity contribution is 0.159. The summed E-state index contributed by atoms with van der Waals surface area (Å²) < 4.78 is 2.17. The van der Waals surface area contributed by atoms with Crippen LogP contribution in [0, 0.1) is 0 Å². The average molecular weight is 292 g/mol. The van der Waals surface area contributed by atoms with Crippen LogP contribution in [0.15, 0.2) is 6.07 Å². The van der Waals surface area contributed by atoms with Crippen molar-refractivity contribution in [3.8, 4) is 0 Å². The number of hydrogen-bond donors (Lipinski definition) is 1. The number of aromatic nitrogens is 2. The molecule has 1 N–H and O–H groups in total. The number of rotatable bonds is 5. The van der Waals surface area contributed by atoms with Crippen LogP contribution in [0.5, 0.6) is 0 Å². The molecule has 4 nitrogen and oxygen atoms in total. The predicted octanol–water partition coefficient (Wildman–Crippen LogP) is 2.82. The molecule has 4 heteroatoms. The highest BCUT2D eigenvalue weighted by molar-refractivity contribution is 5.11. The van der Waals surface area contributed by atoms with Gasteiger partial charge in [-0.15, -0.1) is 0 Å². The van der Waals surface area contributed by atoms with Crippen molar-refractivity contribution in [3.05, 3.63) is 17.5 Å². The number of nitrogens with zero attached hydrogens (tertiary/aromatic N) is 3. The molecule has 1 saturated heterocycles. The second-order valence-electron chi connectivity index (χ2n) is 6.68. The summed E-state index contributed by atoms with van der Waals surface area (Å²) in [6.45, 7) is 15.6. The van der Waals surface area contributed by atoms with Crippen LogP contribution in [0.1, 0.15) is 58.8 Å². The van der Waals surface area contributed by atoms with Gasteiger partial charge >= 0.3 is 0 Å². The van der Waals surface area contributed by atoms with Gasteiger partial charge in [-0.3, -0.25) is 9.58 Å². The van der Waals surface area contributed by atoms with Gasteiger partial charge in [0.2, 0.25) is 0 Å². The molecule has 0 bridgehead atoms. The van der Waals surface area contributed by atoms with E-state index in [0.717, 1.165) is 32.6 Å². The van der Waals surface area contributed by atoms with Gasteiger partial charge in [0.05, 0.1) is 11.4 Å². The molecule has 21 heavy (non-hydrogen) atoms. The lowest BCUT2D eigenvalue weighted by Crippen LogP contribution is -2.49. The third-order valence-corrected chi connectivity index (χ3v) is 5.01. The van der Waals surface area contributed by atoms with E-state index >= 15 is 0 Å². The summed E-state index contributed by atoms with van der Waals surface area (Å²) in [5, 5.41) is 8.43. The molecular weight excluding hydrogens is 260 g/mol. The fourth-order valence-corrected chi connectivity index (χ4v) is 3.17. The zero-order valence-electron chi connectivity index (χ0n) is 14.4. The molecule has 1 fully saturated rings. The van der Waals surface area contributed by atoms with E-state index in [4.69, 9.17) is 5.10 Å². The molecule has 120 valence electrons. The zero-order valence-corrected chi connectivity index (χ0v) is 14.4. The van der Waals surface area contributed by atoms with Crippen molar-refractivity contribution < 1.29 is 0 Å². The minimum Gasteiger partial charge on any atom is -0.310 e. The van der Waals surface area contributed by atoms with E-state index in [1.807, 2.05) is 0 Å². The van der Waals surface area contributed by atoms with Crippen molar-refractivity contribution in [1.82, 2.24) is 20.0 Å². The zero-order chi connectivity index (χ0) is 15.5. The fourth-order valence-electron chi connectivity index (χ4n) is 3.17. The molecule has 0 spiro atoms. The maximum Gasteiger partial charge on any atom is 0.0625 e. The van der Waals surface area contributed by atoms with Crippen molar-refractivity contribution in [2.24, 2.45) is 0 Å². The van der Waals surface area contributed by atoms with Gasteiger partial charge in [-0.25, -0.2) is 0 Å². The SMILES string of the molecule is CCc1cc(CN2CC(C)(CC)NCCC2C)n(CC)n1. The van der Waals surface area contributed by atoms with E-state index in [1.54, 1.807) is 0 Å². The highest BCUT2D eigenvalue weighted by Crippen LogP contribution is 2.21. The Morgan fingerprint density at radius 3 is 2.76 bits per heavy atom. The normalized spacial score (nSPS) is 27.8. The van der Waals surface area contributed by atoms with Crippen LogP contribution in [0.4, 0.5) is 0 Å². The van der Waals surface area contributed by atoms with Gasteiger partial charge in [-0.2, -0.15) is 5.10 Å². The first-order valence-corrected chi connectivity index (χ1v) is 8.56. The Morgan fingerprint density at radius 1 is 1.38 bits per heavy atom. The number of aryl methyl sites for hydroxylation is 2. The molecule has 1 aliphatic rings. The van der Waals surface area contributed by atoms with Crippen LogP contribution in [-0.4, -0.2) is 39.4 Å². The second kappa shape index (κ2) is 6.93. The smallest absolute Gasteiger partial charge is 0.0625 e. The molecule has 0 saturated carbocycles. The summed E-state index contributed by atoms with van der Waals surface area (Å²) in [6, 6.07) is 2.91. The summed E-state index contributed by atoms with van der Waals surface area (Å²) in [6.07, 6.45) is 3.41. The third kappa shape index (κ3) is 3.86. The van der Waals surface area contributed by atoms with E-state index in [9.17, 15) is 0 Å². The summed E-state index contributed by atoms with van der Waals surface area (Å²) in [5.41, 5.74) is 2.81. The van der Waals surface area contributed by atoms with Crippen molar-refractivity contribution >= 4 is 0 Å². The average Bonchev–Trinajstić information content (AvgIpc) is 2.82. The van der Waals surface area contributed by atoms with Gasteiger partial charge in [0, 0.05) is 31.2 Å². The lowest BCUT2D eigenvalue weighted by atomic mass is 9.98. The summed E-state index contributed by atoms with van der Waals surface area (Å²) in [4.78, 5) is 2.63. The molecule has 2 unspecified atom stereocenters. The van der Waals surface area contributed by atoms with Crippen LogP contribution >= 0.6 is 0 Å². The Balaban J connectivity index is 2.17. The maximum atomic E-state index is 4.69. The molecular formula is C17H32N4. The van der Waals surface area contributed by atoms with Crippen molar-refractivity contribution in [1.29, 1.82) is 0 Å². The van der Waals surface area contributed by atoms with E-state index < -0.39 is 0 Å². The van der Waals surface area contributed by atoms with E-state index in [1.165, 1.54) is 24.2 Å². The Labute approximate surface area is 129 Å². The van der Waals surface area contributed by atoms with Crippen LogP contribution in [0.25, 0.3) is 0 Å². The van der Waals surface area contributed by atoms with Gasteiger partial charge in [0.1, 0.15) is 0 Å². The first-order chi connectivity index (χ1) is 10.0. The summed E-state index contributed by atoms with van der Waals surface area (Å²) >= 11 is 0. The van der Waals surface area contributed by atoms with Crippen molar-refractivity contribution in [3.63, 3.8) is 0 Å². The van der Waals surface area contributed by atoms with Crippen LogP contribution in [-0.2, 0) is 19.5 Å². The predicted molar refractivity (Wildman–Crippen MR) is 88.5 cm³/mol. The highest BCUT2D eigenvalue weighted by atomic mass is 15.3. The van der Waals surface area contributed by atoms with Crippen LogP contribution in [0.3, 0.4) is 0 Å². The number of nitrogens with one attached hydrogen (secondary N) is 1. The Morgan fingerprint density at radius 2 is 2.14 bits per heavy atom. The summed E-state index contributed by atoms with van der Waals surface area (Å²) in [7, 11) is 0. The Kier molecular flexibility index (Phi) is 5.44. The molecule has 1 aromatic rings. The highest BCUT2D eigenvalue weighted by Gasteiger charge is 2.30. The molecule has 0 radical (unpaired) electrons. The van der Waals surface area contributed by atoms with Crippen molar-refractivity contribution in [2.45, 2.75) is 78.6 Å². The standard InChI is InChI=1S/C17H32N4/c1-6-15-11-16(21(8-3)19-15)12-20-13-17(5,7-2)18-10-9-14(20)4/h11,14,18H,6-10,12-13H2,1-5H3. The Bertz CT molecular complexity index is 454. The van der Waals surface area contributed by atoms with Gasteiger partial charge in [-0.1, -0.05) is 13.8 Å². The first-order valence-electron chi connectivity index (χ1n) is 8.56. The van der Waals surface area contributed by atoms with Gasteiger partial charge in [0.15, 0.2) is 0 Å². The minimum atomic E-state index is 0.232. The summed E-state index contributed by atoms with van der Waals surface area (Å²) in [5.74, 6) is 0. The lowest BCUT2D eigenvalue weighted by Gasteiger charge is -2.34. The molecule has 2 rings (SSSR count). The number of hydrogen-bond acceptors (Lipinski definition) is 3. The molecule has 1 aliphatic heterocycles. The molecule has 0 amide bonds. The molecule has 2 heterocycles. The molecule has 0 aliphatic carbocycles. The monoisotopic (exact) mass is 292 g/mol. The minimum absolute atomic E-state index is 0.232. The van der Waals surface area contributed by atoms with Crippen LogP contribution in [0.2, 0.25) is 0 Å². The van der Waals surface area contributed by atoms with Crippen LogP contribution < -0.4 is 5.32 Å². The molecule has 0 aromatic carbocycles.